The van der Waals surface area contributed by atoms with Crippen molar-refractivity contribution in [2.24, 2.45) is 0 Å². The van der Waals surface area contributed by atoms with Gasteiger partial charge in [-0.05, 0) is 25.5 Å². The van der Waals surface area contributed by atoms with Gasteiger partial charge in [-0.3, -0.25) is 0 Å². The number of rotatable bonds is 4. The lowest BCUT2D eigenvalue weighted by Crippen LogP contribution is -2.28. The predicted molar refractivity (Wildman–Crippen MR) is 58.6 cm³/mol. The minimum Gasteiger partial charge on any atom is -0.378 e. The van der Waals surface area contributed by atoms with Crippen LogP contribution < -0.4 is 0 Å². The summed E-state index contributed by atoms with van der Waals surface area (Å²) in [5, 5.41) is 8.38. The average molecular weight is 192 g/mol. The van der Waals surface area contributed by atoms with Crippen LogP contribution in [0.4, 0.5) is 0 Å². The van der Waals surface area contributed by atoms with E-state index < -0.39 is 0 Å². The summed E-state index contributed by atoms with van der Waals surface area (Å²) in [4.78, 5) is 2.32. The van der Waals surface area contributed by atoms with Gasteiger partial charge in [0.1, 0.15) is 0 Å². The first-order chi connectivity index (χ1) is 6.84. The van der Waals surface area contributed by atoms with E-state index in [-0.39, 0.29) is 0 Å². The van der Waals surface area contributed by atoms with Crippen LogP contribution in [-0.2, 0) is 0 Å². The Morgan fingerprint density at radius 1 is 1.36 bits per heavy atom. The van der Waals surface area contributed by atoms with Crippen LogP contribution in [0.15, 0.2) is 12.3 Å². The maximum absolute atomic E-state index is 8.38. The van der Waals surface area contributed by atoms with Gasteiger partial charge in [0, 0.05) is 19.5 Å². The van der Waals surface area contributed by atoms with Crippen LogP contribution >= 0.6 is 0 Å². The number of hydrogen-bond acceptors (Lipinski definition) is 2. The fraction of sp³-hybridized carbons (Fsp3) is 0.750. The Morgan fingerprint density at radius 2 is 2.07 bits per heavy atom. The van der Waals surface area contributed by atoms with Crippen LogP contribution in [0.2, 0.25) is 0 Å². The Balaban J connectivity index is 2.22. The molecule has 1 saturated carbocycles. The van der Waals surface area contributed by atoms with Gasteiger partial charge in [-0.15, -0.1) is 0 Å². The molecule has 0 bridgehead atoms. The summed E-state index contributed by atoms with van der Waals surface area (Å²) >= 11 is 0. The summed E-state index contributed by atoms with van der Waals surface area (Å²) in [6.45, 7) is 0. The molecular weight excluding hydrogens is 172 g/mol. The van der Waals surface area contributed by atoms with Gasteiger partial charge in [-0.25, -0.2) is 0 Å². The molecule has 0 heterocycles. The molecule has 2 nitrogen and oxygen atoms in total. The van der Waals surface area contributed by atoms with Crippen molar-refractivity contribution in [2.45, 2.75) is 51.0 Å². The van der Waals surface area contributed by atoms with E-state index in [1.807, 2.05) is 0 Å². The standard InChI is InChI=1S/C12H20N2/c1-14(11-7-3-6-10-13)12-8-4-2-5-9-12/h7,11-12H,2-6,8-9H2,1H3. The van der Waals surface area contributed by atoms with Crippen molar-refractivity contribution in [3.63, 3.8) is 0 Å². The molecule has 0 spiro atoms. The van der Waals surface area contributed by atoms with E-state index >= 15 is 0 Å². The summed E-state index contributed by atoms with van der Waals surface area (Å²) in [5.41, 5.74) is 0. The highest BCUT2D eigenvalue weighted by Gasteiger charge is 2.14. The first-order valence-corrected chi connectivity index (χ1v) is 5.60. The van der Waals surface area contributed by atoms with E-state index in [2.05, 4.69) is 30.3 Å². The summed E-state index contributed by atoms with van der Waals surface area (Å²) in [7, 11) is 2.15. The lowest BCUT2D eigenvalue weighted by atomic mass is 9.95. The molecule has 14 heavy (non-hydrogen) atoms. The van der Waals surface area contributed by atoms with E-state index in [1.54, 1.807) is 0 Å². The molecule has 0 amide bonds. The zero-order valence-corrected chi connectivity index (χ0v) is 9.08. The highest BCUT2D eigenvalue weighted by atomic mass is 15.1. The normalized spacial score (nSPS) is 18.3. The first kappa shape index (κ1) is 11.1. The molecule has 0 radical (unpaired) electrons. The maximum Gasteiger partial charge on any atom is 0.0625 e. The van der Waals surface area contributed by atoms with Crippen molar-refractivity contribution in [1.29, 1.82) is 5.26 Å². The van der Waals surface area contributed by atoms with Crippen LogP contribution in [0.25, 0.3) is 0 Å². The number of unbranched alkanes of at least 4 members (excludes halogenated alkanes) is 1. The summed E-state index contributed by atoms with van der Waals surface area (Å²) in [6, 6.07) is 2.89. The van der Waals surface area contributed by atoms with Crippen LogP contribution in [0.1, 0.15) is 44.9 Å². The Labute approximate surface area is 87.2 Å². The van der Waals surface area contributed by atoms with Gasteiger partial charge in [0.15, 0.2) is 0 Å². The molecule has 0 atom stereocenters. The molecule has 0 aromatic heterocycles. The minimum atomic E-state index is 0.634. The number of nitriles is 1. The van der Waals surface area contributed by atoms with Crippen molar-refractivity contribution in [1.82, 2.24) is 4.90 Å². The number of allylic oxidation sites excluding steroid dienone is 1. The van der Waals surface area contributed by atoms with Gasteiger partial charge in [0.2, 0.25) is 0 Å². The molecule has 1 aliphatic carbocycles. The maximum atomic E-state index is 8.38. The topological polar surface area (TPSA) is 27.0 Å². The molecule has 0 N–H and O–H groups in total. The molecule has 0 aromatic rings. The minimum absolute atomic E-state index is 0.634. The molecule has 1 rings (SSSR count). The van der Waals surface area contributed by atoms with E-state index in [0.717, 1.165) is 12.5 Å². The summed E-state index contributed by atoms with van der Waals surface area (Å²) < 4.78 is 0. The van der Waals surface area contributed by atoms with Crippen molar-refractivity contribution in [3.8, 4) is 6.07 Å². The molecule has 0 saturated heterocycles. The second kappa shape index (κ2) is 6.48. The smallest absolute Gasteiger partial charge is 0.0625 e. The quantitative estimate of drug-likeness (QED) is 0.640. The highest BCUT2D eigenvalue weighted by Crippen LogP contribution is 2.21. The molecular formula is C12H20N2. The predicted octanol–water partition coefficient (Wildman–Crippen LogP) is 3.07. The third-order valence-electron chi connectivity index (χ3n) is 2.91. The highest BCUT2D eigenvalue weighted by molar-refractivity contribution is 4.88. The van der Waals surface area contributed by atoms with E-state index in [0.29, 0.717) is 6.42 Å². The van der Waals surface area contributed by atoms with Gasteiger partial charge in [-0.2, -0.15) is 5.26 Å². The monoisotopic (exact) mass is 192 g/mol. The molecule has 1 aliphatic rings. The van der Waals surface area contributed by atoms with Crippen molar-refractivity contribution < 1.29 is 0 Å². The van der Waals surface area contributed by atoms with Crippen LogP contribution in [0.3, 0.4) is 0 Å². The zero-order chi connectivity index (χ0) is 10.2. The van der Waals surface area contributed by atoms with Crippen LogP contribution in [0, 0.1) is 11.3 Å². The number of nitrogens with zero attached hydrogens (tertiary/aromatic N) is 2. The second-order valence-electron chi connectivity index (χ2n) is 4.04. The van der Waals surface area contributed by atoms with Gasteiger partial charge in [0.05, 0.1) is 6.07 Å². The zero-order valence-electron chi connectivity index (χ0n) is 9.08. The molecule has 0 aromatic carbocycles. The van der Waals surface area contributed by atoms with E-state index in [9.17, 15) is 0 Å². The Morgan fingerprint density at radius 3 is 2.71 bits per heavy atom. The lowest BCUT2D eigenvalue weighted by molar-refractivity contribution is 0.253. The fourth-order valence-corrected chi connectivity index (χ4v) is 2.00. The average Bonchev–Trinajstić information content (AvgIpc) is 2.25. The lowest BCUT2D eigenvalue weighted by Gasteiger charge is -2.30. The summed E-state index contributed by atoms with van der Waals surface area (Å²) in [5.74, 6) is 0. The van der Waals surface area contributed by atoms with E-state index in [4.69, 9.17) is 5.26 Å². The third kappa shape index (κ3) is 3.83. The van der Waals surface area contributed by atoms with Gasteiger partial charge in [-0.1, -0.05) is 25.3 Å². The third-order valence-corrected chi connectivity index (χ3v) is 2.91. The molecule has 2 heteroatoms. The van der Waals surface area contributed by atoms with Gasteiger partial charge >= 0.3 is 0 Å². The number of hydrogen-bond donors (Lipinski definition) is 0. The Bertz CT molecular complexity index is 209. The van der Waals surface area contributed by atoms with E-state index in [1.165, 1.54) is 32.1 Å². The van der Waals surface area contributed by atoms with Crippen molar-refractivity contribution >= 4 is 0 Å². The van der Waals surface area contributed by atoms with Crippen molar-refractivity contribution in [3.05, 3.63) is 12.3 Å². The molecule has 0 unspecified atom stereocenters. The first-order valence-electron chi connectivity index (χ1n) is 5.60. The SMILES string of the molecule is CN(C=CCCC#N)C1CCCCC1. The van der Waals surface area contributed by atoms with Gasteiger partial charge < -0.3 is 4.90 Å². The molecule has 1 fully saturated rings. The van der Waals surface area contributed by atoms with Crippen molar-refractivity contribution in [2.75, 3.05) is 7.05 Å². The molecule has 0 aliphatic heterocycles. The summed E-state index contributed by atoms with van der Waals surface area (Å²) in [6.07, 6.45) is 12.6. The Hall–Kier alpha value is -0.970. The fourth-order valence-electron chi connectivity index (χ4n) is 2.00. The molecule has 78 valence electrons. The van der Waals surface area contributed by atoms with Gasteiger partial charge in [0.25, 0.3) is 0 Å². The Kier molecular flexibility index (Phi) is 5.14. The van der Waals surface area contributed by atoms with Crippen LogP contribution in [-0.4, -0.2) is 18.0 Å². The van der Waals surface area contributed by atoms with Crippen LogP contribution in [0.5, 0.6) is 0 Å². The largest absolute Gasteiger partial charge is 0.378 e. The second-order valence-corrected chi connectivity index (χ2v) is 4.04.